The Bertz CT molecular complexity index is 718. The molecule has 2 aromatic rings. The maximum absolute atomic E-state index is 12.6. The van der Waals surface area contributed by atoms with E-state index in [-0.39, 0.29) is 11.9 Å². The molecule has 1 saturated carbocycles. The molecule has 1 fully saturated rings. The minimum Gasteiger partial charge on any atom is -0.361 e. The van der Waals surface area contributed by atoms with Crippen LogP contribution in [0.2, 0.25) is 0 Å². The number of aromatic nitrogens is 2. The highest BCUT2D eigenvalue weighted by Crippen LogP contribution is 2.33. The number of carbonyl (C=O) groups is 1. The Kier molecular flexibility index (Phi) is 3.56. The number of aryl methyl sites for hydroxylation is 1. The number of hydrogen-bond acceptors (Lipinski definition) is 3. The summed E-state index contributed by atoms with van der Waals surface area (Å²) in [7, 11) is 0. The number of carbonyl (C=O) groups excluding carboxylic acids is 1. The minimum absolute atomic E-state index is 0.0104. The largest absolute Gasteiger partial charge is 0.361 e. The van der Waals surface area contributed by atoms with Gasteiger partial charge in [0, 0.05) is 6.54 Å². The first-order chi connectivity index (χ1) is 11.3. The van der Waals surface area contributed by atoms with Gasteiger partial charge in [0.1, 0.15) is 11.4 Å². The van der Waals surface area contributed by atoms with Crippen molar-refractivity contribution in [3.63, 3.8) is 0 Å². The third kappa shape index (κ3) is 2.71. The summed E-state index contributed by atoms with van der Waals surface area (Å²) in [4.78, 5) is 12.6. The van der Waals surface area contributed by atoms with E-state index in [2.05, 4.69) is 27.9 Å². The summed E-state index contributed by atoms with van der Waals surface area (Å²) in [6.07, 6.45) is 3.24. The topological polar surface area (TPSA) is 59.0 Å². The number of hydrogen-bond donors (Lipinski definition) is 2. The van der Waals surface area contributed by atoms with E-state index in [0.29, 0.717) is 5.92 Å². The van der Waals surface area contributed by atoms with Crippen molar-refractivity contribution in [2.24, 2.45) is 5.92 Å². The first-order valence-corrected chi connectivity index (χ1v) is 8.45. The van der Waals surface area contributed by atoms with Crippen LogP contribution >= 0.6 is 0 Å². The zero-order valence-electron chi connectivity index (χ0n) is 13.4. The zero-order chi connectivity index (χ0) is 15.8. The van der Waals surface area contributed by atoms with E-state index in [1.807, 2.05) is 29.8 Å². The van der Waals surface area contributed by atoms with Crippen molar-refractivity contribution < 1.29 is 4.79 Å². The molecular formula is C18H22N4O. The van der Waals surface area contributed by atoms with Crippen LogP contribution in [0.3, 0.4) is 0 Å². The first kappa shape index (κ1) is 14.3. The molecule has 2 N–H and O–H groups in total. The highest BCUT2D eigenvalue weighted by molar-refractivity contribution is 6.00. The Balaban J connectivity index is 1.57. The fraction of sp³-hybridized carbons (Fsp3) is 0.444. The number of benzene rings is 1. The summed E-state index contributed by atoms with van der Waals surface area (Å²) >= 11 is 0. The van der Waals surface area contributed by atoms with Crippen LogP contribution in [0.25, 0.3) is 0 Å². The van der Waals surface area contributed by atoms with Crippen LogP contribution in [0.5, 0.6) is 0 Å². The lowest BCUT2D eigenvalue weighted by Crippen LogP contribution is -2.27. The van der Waals surface area contributed by atoms with E-state index in [1.165, 1.54) is 18.4 Å². The Hall–Kier alpha value is -2.30. The highest BCUT2D eigenvalue weighted by Gasteiger charge is 2.31. The van der Waals surface area contributed by atoms with E-state index >= 15 is 0 Å². The third-order valence-corrected chi connectivity index (χ3v) is 4.70. The maximum Gasteiger partial charge on any atom is 0.256 e. The quantitative estimate of drug-likeness (QED) is 0.893. The number of nitrogens with one attached hydrogen (secondary N) is 2. The average molecular weight is 310 g/mol. The minimum atomic E-state index is 0.0104. The molecule has 1 aliphatic heterocycles. The molecule has 2 aliphatic rings. The van der Waals surface area contributed by atoms with Gasteiger partial charge >= 0.3 is 0 Å². The summed E-state index contributed by atoms with van der Waals surface area (Å²) in [5.41, 5.74) is 2.83. The standard InChI is InChI=1S/C18H22N4O/c1-2-14-16(18(23)19-10-12-8-9-12)17-20-15(11-22(17)21-14)13-6-4-3-5-7-13/h3-7,12,15,20H,2,8-11H2,1H3,(H,19,23)/t15-/m0/s1. The van der Waals surface area contributed by atoms with Gasteiger partial charge in [0.05, 0.1) is 18.3 Å². The Labute approximate surface area is 136 Å². The van der Waals surface area contributed by atoms with Crippen LogP contribution in [0.4, 0.5) is 5.82 Å². The van der Waals surface area contributed by atoms with Crippen molar-refractivity contribution in [2.75, 3.05) is 11.9 Å². The first-order valence-electron chi connectivity index (χ1n) is 8.45. The van der Waals surface area contributed by atoms with Gasteiger partial charge in [-0.3, -0.25) is 4.79 Å². The van der Waals surface area contributed by atoms with E-state index in [9.17, 15) is 4.79 Å². The third-order valence-electron chi connectivity index (χ3n) is 4.70. The molecule has 2 heterocycles. The number of rotatable bonds is 5. The predicted octanol–water partition coefficient (Wildman–Crippen LogP) is 2.75. The van der Waals surface area contributed by atoms with Crippen LogP contribution in [0, 0.1) is 5.92 Å². The summed E-state index contributed by atoms with van der Waals surface area (Å²) in [5.74, 6) is 1.55. The van der Waals surface area contributed by atoms with Crippen LogP contribution in [0.1, 0.15) is 47.4 Å². The van der Waals surface area contributed by atoms with Crippen molar-refractivity contribution >= 4 is 11.7 Å². The van der Waals surface area contributed by atoms with Gasteiger partial charge in [-0.1, -0.05) is 37.3 Å². The maximum atomic E-state index is 12.6. The van der Waals surface area contributed by atoms with E-state index < -0.39 is 0 Å². The molecule has 4 rings (SSSR count). The Morgan fingerprint density at radius 2 is 2.13 bits per heavy atom. The molecule has 0 spiro atoms. The molecule has 1 aromatic carbocycles. The van der Waals surface area contributed by atoms with E-state index in [1.54, 1.807) is 0 Å². The van der Waals surface area contributed by atoms with Crippen LogP contribution in [-0.2, 0) is 13.0 Å². The smallest absolute Gasteiger partial charge is 0.256 e. The molecule has 0 unspecified atom stereocenters. The van der Waals surface area contributed by atoms with Gasteiger partial charge < -0.3 is 10.6 Å². The van der Waals surface area contributed by atoms with Gasteiger partial charge in [-0.05, 0) is 30.7 Å². The summed E-state index contributed by atoms with van der Waals surface area (Å²) in [6.45, 7) is 3.60. The van der Waals surface area contributed by atoms with Gasteiger partial charge in [-0.15, -0.1) is 0 Å². The zero-order valence-corrected chi connectivity index (χ0v) is 13.4. The SMILES string of the molecule is CCc1nn2c(c1C(=O)NCC1CC1)N[C@H](c1ccccc1)C2. The summed E-state index contributed by atoms with van der Waals surface area (Å²) in [6, 6.07) is 10.5. The Morgan fingerprint density at radius 3 is 2.83 bits per heavy atom. The predicted molar refractivity (Wildman–Crippen MR) is 89.5 cm³/mol. The van der Waals surface area contributed by atoms with Gasteiger partial charge in [0.25, 0.3) is 5.91 Å². The molecule has 0 bridgehead atoms. The lowest BCUT2D eigenvalue weighted by molar-refractivity contribution is 0.0951. The molecule has 1 aliphatic carbocycles. The molecule has 23 heavy (non-hydrogen) atoms. The molecular weight excluding hydrogens is 288 g/mol. The second kappa shape index (κ2) is 5.72. The number of fused-ring (bicyclic) bond motifs is 1. The molecule has 1 amide bonds. The van der Waals surface area contributed by atoms with Crippen molar-refractivity contribution in [3.8, 4) is 0 Å². The normalized spacial score (nSPS) is 19.3. The second-order valence-electron chi connectivity index (χ2n) is 6.47. The Morgan fingerprint density at radius 1 is 1.35 bits per heavy atom. The number of anilines is 1. The molecule has 0 saturated heterocycles. The monoisotopic (exact) mass is 310 g/mol. The van der Waals surface area contributed by atoms with Crippen molar-refractivity contribution in [1.29, 1.82) is 0 Å². The molecule has 5 heteroatoms. The molecule has 1 atom stereocenters. The van der Waals surface area contributed by atoms with E-state index in [4.69, 9.17) is 0 Å². The van der Waals surface area contributed by atoms with Gasteiger partial charge in [0.2, 0.25) is 0 Å². The highest BCUT2D eigenvalue weighted by atomic mass is 16.1. The van der Waals surface area contributed by atoms with Crippen LogP contribution < -0.4 is 10.6 Å². The molecule has 5 nitrogen and oxygen atoms in total. The fourth-order valence-electron chi connectivity index (χ4n) is 3.18. The van der Waals surface area contributed by atoms with Crippen LogP contribution in [-0.4, -0.2) is 22.2 Å². The number of amides is 1. The van der Waals surface area contributed by atoms with Crippen molar-refractivity contribution in [3.05, 3.63) is 47.2 Å². The van der Waals surface area contributed by atoms with Crippen molar-refractivity contribution in [2.45, 2.75) is 38.8 Å². The van der Waals surface area contributed by atoms with Crippen LogP contribution in [0.15, 0.2) is 30.3 Å². The summed E-state index contributed by atoms with van der Waals surface area (Å²) < 4.78 is 1.95. The average Bonchev–Trinajstić information content (AvgIpc) is 3.22. The van der Waals surface area contributed by atoms with Gasteiger partial charge in [-0.2, -0.15) is 5.10 Å². The number of nitrogens with zero attached hydrogens (tertiary/aromatic N) is 2. The lowest BCUT2D eigenvalue weighted by atomic mass is 10.1. The van der Waals surface area contributed by atoms with E-state index in [0.717, 1.165) is 36.6 Å². The second-order valence-corrected chi connectivity index (χ2v) is 6.47. The molecule has 120 valence electrons. The van der Waals surface area contributed by atoms with Crippen molar-refractivity contribution in [1.82, 2.24) is 15.1 Å². The molecule has 0 radical (unpaired) electrons. The summed E-state index contributed by atoms with van der Waals surface area (Å²) in [5, 5.41) is 11.2. The fourth-order valence-corrected chi connectivity index (χ4v) is 3.18. The lowest BCUT2D eigenvalue weighted by Gasteiger charge is -2.12. The molecule has 1 aromatic heterocycles. The van der Waals surface area contributed by atoms with Gasteiger partial charge in [-0.25, -0.2) is 4.68 Å². The van der Waals surface area contributed by atoms with Gasteiger partial charge in [0.15, 0.2) is 0 Å².